The zero-order valence-electron chi connectivity index (χ0n) is 13.5. The smallest absolute Gasteiger partial charge is 0.317 e. The third kappa shape index (κ3) is 4.01. The summed E-state index contributed by atoms with van der Waals surface area (Å²) < 4.78 is 10.7. The van der Waals surface area contributed by atoms with Gasteiger partial charge in [-0.25, -0.2) is 4.79 Å². The molecule has 1 heterocycles. The van der Waals surface area contributed by atoms with Crippen molar-refractivity contribution in [3.8, 4) is 11.5 Å². The monoisotopic (exact) mass is 339 g/mol. The summed E-state index contributed by atoms with van der Waals surface area (Å²) in [6.07, 6.45) is 1.67. The second-order valence-electron chi connectivity index (χ2n) is 5.11. The van der Waals surface area contributed by atoms with Gasteiger partial charge in [0.05, 0.1) is 24.9 Å². The predicted octanol–water partition coefficient (Wildman–Crippen LogP) is 2.37. The molecule has 0 radical (unpaired) electrons. The first kappa shape index (κ1) is 17.3. The van der Waals surface area contributed by atoms with E-state index >= 15 is 0 Å². The average Bonchev–Trinajstić information content (AvgIpc) is 2.59. The summed E-state index contributed by atoms with van der Waals surface area (Å²) in [6, 6.07) is 3.55. The third-order valence-electron chi connectivity index (χ3n) is 3.76. The zero-order valence-corrected chi connectivity index (χ0v) is 14.2. The molecule has 0 aliphatic carbocycles. The Balaban J connectivity index is 2.07. The number of urea groups is 1. The molecule has 2 rings (SSSR count). The molecule has 23 heavy (non-hydrogen) atoms. The summed E-state index contributed by atoms with van der Waals surface area (Å²) in [7, 11) is 3.19. The molecule has 0 bridgehead atoms. The summed E-state index contributed by atoms with van der Waals surface area (Å²) >= 11 is 6.14. The van der Waals surface area contributed by atoms with Crippen LogP contribution in [-0.4, -0.2) is 57.9 Å². The molecule has 1 aromatic carbocycles. The quantitative estimate of drug-likeness (QED) is 0.837. The van der Waals surface area contributed by atoms with E-state index in [0.717, 1.165) is 5.69 Å². The number of carbonyl (C=O) groups excluding carboxylic acids is 1. The van der Waals surface area contributed by atoms with Crippen LogP contribution in [0.1, 0.15) is 0 Å². The fraction of sp³-hybridized carbons (Fsp3) is 0.438. The lowest BCUT2D eigenvalue weighted by atomic mass is 10.2. The van der Waals surface area contributed by atoms with Crippen molar-refractivity contribution in [1.82, 2.24) is 10.2 Å². The number of amides is 2. The Morgan fingerprint density at radius 2 is 1.91 bits per heavy atom. The number of benzene rings is 1. The molecule has 126 valence electrons. The van der Waals surface area contributed by atoms with Crippen LogP contribution in [0.25, 0.3) is 0 Å². The van der Waals surface area contributed by atoms with Gasteiger partial charge in [-0.05, 0) is 0 Å². The fourth-order valence-electron chi connectivity index (χ4n) is 2.51. The molecule has 0 spiro atoms. The number of piperazine rings is 1. The lowest BCUT2D eigenvalue weighted by molar-refractivity contribution is 0.195. The van der Waals surface area contributed by atoms with Crippen LogP contribution in [0, 0.1) is 0 Å². The van der Waals surface area contributed by atoms with Gasteiger partial charge in [-0.15, -0.1) is 6.58 Å². The Kier molecular flexibility index (Phi) is 5.98. The normalized spacial score (nSPS) is 14.4. The predicted molar refractivity (Wildman–Crippen MR) is 91.9 cm³/mol. The average molecular weight is 340 g/mol. The van der Waals surface area contributed by atoms with Gasteiger partial charge >= 0.3 is 6.03 Å². The van der Waals surface area contributed by atoms with Gasteiger partial charge in [0, 0.05) is 44.9 Å². The van der Waals surface area contributed by atoms with E-state index in [0.29, 0.717) is 49.2 Å². The first-order chi connectivity index (χ1) is 11.1. The summed E-state index contributed by atoms with van der Waals surface area (Å²) in [5.74, 6) is 1.30. The van der Waals surface area contributed by atoms with E-state index in [1.54, 1.807) is 31.3 Å². The van der Waals surface area contributed by atoms with Crippen LogP contribution in [0.15, 0.2) is 24.8 Å². The van der Waals surface area contributed by atoms with Gasteiger partial charge < -0.3 is 24.6 Å². The SMILES string of the molecule is C=CCNC(=O)N1CCN(c2cc(OC)c(Cl)cc2OC)CC1. The van der Waals surface area contributed by atoms with Crippen molar-refractivity contribution in [2.75, 3.05) is 51.8 Å². The molecule has 1 aromatic rings. The highest BCUT2D eigenvalue weighted by molar-refractivity contribution is 6.32. The number of nitrogens with zero attached hydrogens (tertiary/aromatic N) is 2. The molecule has 0 atom stereocenters. The van der Waals surface area contributed by atoms with Crippen molar-refractivity contribution in [3.63, 3.8) is 0 Å². The van der Waals surface area contributed by atoms with E-state index in [1.807, 2.05) is 6.07 Å². The second kappa shape index (κ2) is 7.97. The van der Waals surface area contributed by atoms with Crippen molar-refractivity contribution in [2.24, 2.45) is 0 Å². The molecular weight excluding hydrogens is 318 g/mol. The zero-order chi connectivity index (χ0) is 16.8. The van der Waals surface area contributed by atoms with E-state index < -0.39 is 0 Å². The van der Waals surface area contributed by atoms with Crippen molar-refractivity contribution in [3.05, 3.63) is 29.8 Å². The lowest BCUT2D eigenvalue weighted by Gasteiger charge is -2.36. The number of ether oxygens (including phenoxy) is 2. The number of methoxy groups -OCH3 is 2. The summed E-state index contributed by atoms with van der Waals surface area (Å²) in [5.41, 5.74) is 0.917. The Hall–Kier alpha value is -2.08. The van der Waals surface area contributed by atoms with Gasteiger partial charge in [-0.1, -0.05) is 17.7 Å². The van der Waals surface area contributed by atoms with Gasteiger partial charge in [0.1, 0.15) is 11.5 Å². The molecule has 6 nitrogen and oxygen atoms in total. The number of carbonyl (C=O) groups is 1. The van der Waals surface area contributed by atoms with Crippen LogP contribution >= 0.6 is 11.6 Å². The highest BCUT2D eigenvalue weighted by atomic mass is 35.5. The molecule has 0 unspecified atom stereocenters. The molecule has 0 aromatic heterocycles. The molecule has 1 saturated heterocycles. The standard InChI is InChI=1S/C16H22ClN3O3/c1-4-5-18-16(21)20-8-6-19(7-9-20)13-11-14(22-2)12(17)10-15(13)23-3/h4,10-11H,1,5-9H2,2-3H3,(H,18,21). The first-order valence-corrected chi connectivity index (χ1v) is 7.78. The summed E-state index contributed by atoms with van der Waals surface area (Å²) in [5, 5.41) is 3.30. The molecular formula is C16H22ClN3O3. The van der Waals surface area contributed by atoms with Crippen molar-refractivity contribution in [2.45, 2.75) is 0 Å². The Bertz CT molecular complexity index is 572. The molecule has 1 aliphatic heterocycles. The first-order valence-electron chi connectivity index (χ1n) is 7.40. The van der Waals surface area contributed by atoms with Crippen LogP contribution in [0.4, 0.5) is 10.5 Å². The minimum absolute atomic E-state index is 0.0646. The number of nitrogens with one attached hydrogen (secondary N) is 1. The largest absolute Gasteiger partial charge is 0.495 e. The number of anilines is 1. The Labute approximate surface area is 141 Å². The number of halogens is 1. The highest BCUT2D eigenvalue weighted by Gasteiger charge is 2.23. The highest BCUT2D eigenvalue weighted by Crippen LogP contribution is 2.38. The topological polar surface area (TPSA) is 54.0 Å². The Morgan fingerprint density at radius 3 is 2.48 bits per heavy atom. The van der Waals surface area contributed by atoms with Crippen molar-refractivity contribution < 1.29 is 14.3 Å². The maximum absolute atomic E-state index is 12.0. The third-order valence-corrected chi connectivity index (χ3v) is 4.05. The number of rotatable bonds is 5. The Morgan fingerprint density at radius 1 is 1.26 bits per heavy atom. The van der Waals surface area contributed by atoms with E-state index in [-0.39, 0.29) is 6.03 Å². The summed E-state index contributed by atoms with van der Waals surface area (Å²) in [4.78, 5) is 15.9. The van der Waals surface area contributed by atoms with Gasteiger partial charge in [0.15, 0.2) is 0 Å². The van der Waals surface area contributed by atoms with E-state index in [4.69, 9.17) is 21.1 Å². The summed E-state index contributed by atoms with van der Waals surface area (Å²) in [6.45, 7) is 6.76. The van der Waals surface area contributed by atoms with E-state index in [2.05, 4.69) is 16.8 Å². The van der Waals surface area contributed by atoms with Crippen LogP contribution in [0.3, 0.4) is 0 Å². The van der Waals surface area contributed by atoms with Crippen LogP contribution in [0.5, 0.6) is 11.5 Å². The minimum atomic E-state index is -0.0646. The van der Waals surface area contributed by atoms with Crippen LogP contribution in [0.2, 0.25) is 5.02 Å². The molecule has 2 amide bonds. The molecule has 7 heteroatoms. The van der Waals surface area contributed by atoms with Crippen LogP contribution in [-0.2, 0) is 0 Å². The maximum atomic E-state index is 12.0. The fourth-order valence-corrected chi connectivity index (χ4v) is 2.74. The van der Waals surface area contributed by atoms with E-state index in [9.17, 15) is 4.79 Å². The van der Waals surface area contributed by atoms with Gasteiger partial charge in [-0.2, -0.15) is 0 Å². The van der Waals surface area contributed by atoms with Gasteiger partial charge in [0.2, 0.25) is 0 Å². The van der Waals surface area contributed by atoms with Crippen molar-refractivity contribution in [1.29, 1.82) is 0 Å². The molecule has 1 aliphatic rings. The van der Waals surface area contributed by atoms with E-state index in [1.165, 1.54) is 0 Å². The maximum Gasteiger partial charge on any atom is 0.317 e. The molecule has 0 saturated carbocycles. The van der Waals surface area contributed by atoms with Crippen molar-refractivity contribution >= 4 is 23.3 Å². The molecule has 1 fully saturated rings. The van der Waals surface area contributed by atoms with Gasteiger partial charge in [-0.3, -0.25) is 0 Å². The lowest BCUT2D eigenvalue weighted by Crippen LogP contribution is -2.52. The number of hydrogen-bond acceptors (Lipinski definition) is 4. The van der Waals surface area contributed by atoms with Gasteiger partial charge in [0.25, 0.3) is 0 Å². The number of hydrogen-bond donors (Lipinski definition) is 1. The van der Waals surface area contributed by atoms with Crippen LogP contribution < -0.4 is 19.7 Å². The minimum Gasteiger partial charge on any atom is -0.495 e. The molecule has 1 N–H and O–H groups in total. The second-order valence-corrected chi connectivity index (χ2v) is 5.51.